The highest BCUT2D eigenvalue weighted by Crippen LogP contribution is 2.30. The van der Waals surface area contributed by atoms with Crippen molar-refractivity contribution in [3.8, 4) is 0 Å². The maximum absolute atomic E-state index is 11.8. The fourth-order valence-corrected chi connectivity index (χ4v) is 2.74. The van der Waals surface area contributed by atoms with Crippen LogP contribution in [-0.2, 0) is 4.79 Å². The molecule has 1 aromatic carbocycles. The minimum absolute atomic E-state index is 0.149. The number of hydrogen-bond acceptors (Lipinski definition) is 1. The van der Waals surface area contributed by atoms with E-state index in [2.05, 4.69) is 51.1 Å². The molecule has 1 rings (SSSR count). The average Bonchev–Trinajstić information content (AvgIpc) is 2.43. The highest BCUT2D eigenvalue weighted by molar-refractivity contribution is 5.83. The van der Waals surface area contributed by atoms with Gasteiger partial charge in [-0.3, -0.25) is 4.79 Å². The monoisotopic (exact) mass is 260 g/mol. The lowest BCUT2D eigenvalue weighted by Crippen LogP contribution is -2.23. The minimum Gasteiger partial charge on any atom is -0.299 e. The number of rotatable bonds is 8. The highest BCUT2D eigenvalue weighted by atomic mass is 16.1. The third-order valence-corrected chi connectivity index (χ3v) is 4.19. The smallest absolute Gasteiger partial charge is 0.138 e. The van der Waals surface area contributed by atoms with Crippen LogP contribution in [0, 0.1) is 5.41 Å². The molecular weight excluding hydrogens is 232 g/mol. The van der Waals surface area contributed by atoms with Crippen LogP contribution < -0.4 is 0 Å². The third kappa shape index (κ3) is 4.81. The zero-order valence-electron chi connectivity index (χ0n) is 12.9. The minimum atomic E-state index is -0.149. The van der Waals surface area contributed by atoms with Crippen LogP contribution in [0.4, 0.5) is 0 Å². The summed E-state index contributed by atoms with van der Waals surface area (Å²) >= 11 is 0. The average molecular weight is 260 g/mol. The van der Waals surface area contributed by atoms with Crippen molar-refractivity contribution < 1.29 is 4.79 Å². The van der Waals surface area contributed by atoms with Crippen LogP contribution in [0.5, 0.6) is 0 Å². The molecule has 0 saturated carbocycles. The molecule has 1 unspecified atom stereocenters. The maximum Gasteiger partial charge on any atom is 0.138 e. The van der Waals surface area contributed by atoms with Crippen molar-refractivity contribution >= 4 is 5.78 Å². The van der Waals surface area contributed by atoms with Crippen molar-refractivity contribution in [2.75, 3.05) is 0 Å². The van der Waals surface area contributed by atoms with Crippen LogP contribution in [0.1, 0.15) is 71.3 Å². The summed E-state index contributed by atoms with van der Waals surface area (Å²) in [4.78, 5) is 11.8. The number of hydrogen-bond donors (Lipinski definition) is 0. The second-order valence-corrected chi connectivity index (χ2v) is 6.07. The molecule has 0 aliphatic carbocycles. The van der Waals surface area contributed by atoms with Crippen molar-refractivity contribution in [1.29, 1.82) is 0 Å². The molecule has 0 N–H and O–H groups in total. The van der Waals surface area contributed by atoms with Gasteiger partial charge in [-0.05, 0) is 30.7 Å². The number of carbonyl (C=O) groups excluding carboxylic acids is 1. The van der Waals surface area contributed by atoms with Gasteiger partial charge in [0.25, 0.3) is 0 Å². The molecule has 106 valence electrons. The Labute approximate surface area is 118 Å². The van der Waals surface area contributed by atoms with Gasteiger partial charge in [0.1, 0.15) is 5.78 Å². The topological polar surface area (TPSA) is 17.1 Å². The molecule has 0 radical (unpaired) electrons. The van der Waals surface area contributed by atoms with Crippen LogP contribution in [0.2, 0.25) is 0 Å². The summed E-state index contributed by atoms with van der Waals surface area (Å²) in [5.41, 5.74) is 1.29. The predicted octanol–water partition coefficient (Wildman–Crippen LogP) is 5.36. The first kappa shape index (κ1) is 15.9. The van der Waals surface area contributed by atoms with E-state index in [0.717, 1.165) is 12.8 Å². The molecule has 0 saturated heterocycles. The lowest BCUT2D eigenvalue weighted by molar-refractivity contribution is -0.127. The van der Waals surface area contributed by atoms with Crippen molar-refractivity contribution in [2.24, 2.45) is 5.41 Å². The first-order valence-corrected chi connectivity index (χ1v) is 7.59. The number of Topliss-reactive ketones (excluding diaryl/α,β-unsaturated/α-hetero) is 1. The molecule has 0 aliphatic heterocycles. The van der Waals surface area contributed by atoms with Crippen LogP contribution in [0.15, 0.2) is 30.3 Å². The van der Waals surface area contributed by atoms with Crippen molar-refractivity contribution in [3.63, 3.8) is 0 Å². The van der Waals surface area contributed by atoms with Gasteiger partial charge in [-0.2, -0.15) is 0 Å². The van der Waals surface area contributed by atoms with Crippen LogP contribution in [-0.4, -0.2) is 5.78 Å². The van der Waals surface area contributed by atoms with Gasteiger partial charge in [-0.1, -0.05) is 64.4 Å². The van der Waals surface area contributed by atoms with Gasteiger partial charge in [0.05, 0.1) is 0 Å². The predicted molar refractivity (Wildman–Crippen MR) is 82.4 cm³/mol. The van der Waals surface area contributed by atoms with E-state index in [-0.39, 0.29) is 5.41 Å². The maximum atomic E-state index is 11.8. The Morgan fingerprint density at radius 2 is 1.79 bits per heavy atom. The second-order valence-electron chi connectivity index (χ2n) is 6.07. The molecule has 19 heavy (non-hydrogen) atoms. The van der Waals surface area contributed by atoms with Gasteiger partial charge in [0, 0.05) is 11.8 Å². The molecular formula is C18H28O. The number of ketones is 1. The molecule has 0 spiro atoms. The summed E-state index contributed by atoms with van der Waals surface area (Å²) in [7, 11) is 0. The summed E-state index contributed by atoms with van der Waals surface area (Å²) in [6.45, 7) is 8.38. The van der Waals surface area contributed by atoms with E-state index in [1.54, 1.807) is 0 Å². The largest absolute Gasteiger partial charge is 0.299 e. The third-order valence-electron chi connectivity index (χ3n) is 4.19. The van der Waals surface area contributed by atoms with Gasteiger partial charge in [-0.25, -0.2) is 0 Å². The standard InChI is InChI=1S/C18H28O/c1-5-15(16-11-8-7-9-12-16)13-10-14-18(3,4)17(19)6-2/h7-9,11-12,15H,5-6,10,13-14H2,1-4H3. The van der Waals surface area contributed by atoms with Crippen LogP contribution in [0.3, 0.4) is 0 Å². The Morgan fingerprint density at radius 3 is 2.32 bits per heavy atom. The van der Waals surface area contributed by atoms with Crippen LogP contribution in [0.25, 0.3) is 0 Å². The zero-order valence-corrected chi connectivity index (χ0v) is 12.9. The quantitative estimate of drug-likeness (QED) is 0.615. The second kappa shape index (κ2) is 7.47. The van der Waals surface area contributed by atoms with Crippen molar-refractivity contribution in [1.82, 2.24) is 0 Å². The summed E-state index contributed by atoms with van der Waals surface area (Å²) in [5, 5.41) is 0. The van der Waals surface area contributed by atoms with E-state index in [9.17, 15) is 4.79 Å². The molecule has 0 aliphatic rings. The van der Waals surface area contributed by atoms with E-state index in [0.29, 0.717) is 18.1 Å². The fourth-order valence-electron chi connectivity index (χ4n) is 2.74. The summed E-state index contributed by atoms with van der Waals surface area (Å²) in [5.74, 6) is 1.02. The lowest BCUT2D eigenvalue weighted by Gasteiger charge is -2.24. The normalized spacial score (nSPS) is 13.3. The van der Waals surface area contributed by atoms with Crippen LogP contribution >= 0.6 is 0 Å². The number of carbonyl (C=O) groups is 1. The SMILES string of the molecule is CCC(=O)C(C)(C)CCCC(CC)c1ccccc1. The first-order valence-electron chi connectivity index (χ1n) is 7.59. The molecule has 1 heteroatoms. The zero-order chi connectivity index (χ0) is 14.3. The summed E-state index contributed by atoms with van der Waals surface area (Å²) < 4.78 is 0. The first-order chi connectivity index (χ1) is 9.01. The molecule has 0 bridgehead atoms. The number of benzene rings is 1. The Bertz CT molecular complexity index is 378. The molecule has 1 aromatic rings. The lowest BCUT2D eigenvalue weighted by atomic mass is 9.80. The molecule has 1 atom stereocenters. The fraction of sp³-hybridized carbons (Fsp3) is 0.611. The molecule has 0 aromatic heterocycles. The van der Waals surface area contributed by atoms with E-state index >= 15 is 0 Å². The highest BCUT2D eigenvalue weighted by Gasteiger charge is 2.25. The molecule has 0 fully saturated rings. The van der Waals surface area contributed by atoms with Gasteiger partial charge in [0.15, 0.2) is 0 Å². The van der Waals surface area contributed by atoms with E-state index < -0.39 is 0 Å². The van der Waals surface area contributed by atoms with E-state index in [4.69, 9.17) is 0 Å². The Kier molecular flexibility index (Phi) is 6.27. The summed E-state index contributed by atoms with van der Waals surface area (Å²) in [6, 6.07) is 10.7. The Balaban J connectivity index is 2.49. The molecule has 0 amide bonds. The van der Waals surface area contributed by atoms with Crippen molar-refractivity contribution in [3.05, 3.63) is 35.9 Å². The van der Waals surface area contributed by atoms with Crippen molar-refractivity contribution in [2.45, 2.75) is 65.7 Å². The Hall–Kier alpha value is -1.11. The van der Waals surface area contributed by atoms with Gasteiger partial charge < -0.3 is 0 Å². The van der Waals surface area contributed by atoms with Gasteiger partial charge in [-0.15, -0.1) is 0 Å². The molecule has 0 heterocycles. The van der Waals surface area contributed by atoms with E-state index in [1.807, 2.05) is 6.92 Å². The van der Waals surface area contributed by atoms with Gasteiger partial charge >= 0.3 is 0 Å². The Morgan fingerprint density at radius 1 is 1.16 bits per heavy atom. The summed E-state index contributed by atoms with van der Waals surface area (Å²) in [6.07, 6.45) is 5.14. The molecule has 1 nitrogen and oxygen atoms in total. The van der Waals surface area contributed by atoms with Gasteiger partial charge in [0.2, 0.25) is 0 Å². The van der Waals surface area contributed by atoms with E-state index in [1.165, 1.54) is 18.4 Å².